The molecule has 0 unspecified atom stereocenters. The Kier molecular flexibility index (Phi) is 4.98. The van der Waals surface area contributed by atoms with Crippen LogP contribution in [0.5, 0.6) is 11.7 Å². The maximum absolute atomic E-state index is 14.5. The molecular weight excluding hydrogens is 349 g/mol. The van der Waals surface area contributed by atoms with Crippen molar-refractivity contribution in [1.82, 2.24) is 0 Å². The molecule has 0 aliphatic heterocycles. The van der Waals surface area contributed by atoms with Gasteiger partial charge in [0.05, 0.1) is 13.0 Å². The number of benzene rings is 1. The van der Waals surface area contributed by atoms with Gasteiger partial charge in [0.1, 0.15) is 5.39 Å². The first-order valence-corrected chi connectivity index (χ1v) is 8.35. The first-order valence-electron chi connectivity index (χ1n) is 8.35. The molecule has 2 aromatic rings. The van der Waals surface area contributed by atoms with E-state index in [9.17, 15) is 18.0 Å². The predicted molar refractivity (Wildman–Crippen MR) is 90.2 cm³/mol. The Balaban J connectivity index is 1.87. The highest BCUT2D eigenvalue weighted by atomic mass is 19.3. The summed E-state index contributed by atoms with van der Waals surface area (Å²) in [6.07, 6.45) is 0.0847. The van der Waals surface area contributed by atoms with Gasteiger partial charge in [-0.3, -0.25) is 0 Å². The van der Waals surface area contributed by atoms with Crippen LogP contribution >= 0.6 is 0 Å². The quantitative estimate of drug-likeness (QED) is 0.704. The minimum absolute atomic E-state index is 0.0979. The van der Waals surface area contributed by atoms with Gasteiger partial charge >= 0.3 is 11.7 Å². The lowest BCUT2D eigenvalue weighted by Crippen LogP contribution is -2.37. The number of allylic oxidation sites excluding steroid dienone is 1. The van der Waals surface area contributed by atoms with Gasteiger partial charge in [-0.1, -0.05) is 6.08 Å². The third-order valence-electron chi connectivity index (χ3n) is 4.85. The fourth-order valence-electron chi connectivity index (χ4n) is 3.31. The Labute approximate surface area is 148 Å². The van der Waals surface area contributed by atoms with E-state index in [0.29, 0.717) is 12.8 Å². The maximum atomic E-state index is 14.5. The van der Waals surface area contributed by atoms with Crippen molar-refractivity contribution in [3.8, 4) is 11.7 Å². The highest BCUT2D eigenvalue weighted by Gasteiger charge is 2.44. The molecule has 0 N–H and O–H groups in total. The molecule has 0 spiro atoms. The fourth-order valence-corrected chi connectivity index (χ4v) is 3.31. The largest absolute Gasteiger partial charge is 0.494 e. The molecule has 0 radical (unpaired) electrons. The van der Waals surface area contributed by atoms with Gasteiger partial charge < -0.3 is 13.9 Å². The third-order valence-corrected chi connectivity index (χ3v) is 4.85. The summed E-state index contributed by atoms with van der Waals surface area (Å²) in [6.45, 7) is 3.69. The molecule has 1 aromatic carbocycles. The molecule has 140 valence electrons. The van der Waals surface area contributed by atoms with Gasteiger partial charge in [-0.15, -0.1) is 6.58 Å². The number of halogens is 3. The number of rotatable bonds is 5. The van der Waals surface area contributed by atoms with Crippen LogP contribution in [0.1, 0.15) is 25.7 Å². The van der Waals surface area contributed by atoms with E-state index in [4.69, 9.17) is 13.9 Å². The Morgan fingerprint density at radius 2 is 1.96 bits per heavy atom. The molecule has 1 aromatic heterocycles. The molecule has 0 atom stereocenters. The smallest absolute Gasteiger partial charge is 0.402 e. The van der Waals surface area contributed by atoms with Crippen LogP contribution in [-0.4, -0.2) is 13.2 Å². The topological polar surface area (TPSA) is 48.7 Å². The molecule has 1 saturated carbocycles. The van der Waals surface area contributed by atoms with Crippen LogP contribution in [0.15, 0.2) is 40.1 Å². The lowest BCUT2D eigenvalue weighted by molar-refractivity contribution is -0.230. The van der Waals surface area contributed by atoms with Crippen molar-refractivity contribution >= 4 is 10.8 Å². The molecule has 0 bridgehead atoms. The van der Waals surface area contributed by atoms with Crippen LogP contribution in [0.2, 0.25) is 0 Å². The standard InChI is InChI=1S/C19H19F3O4/c1-3-11-4-7-13(8-5-11)19(21,22)26-15-10-12-6-9-14(24-2)17(20)16(12)18(23)25-15/h3,6,9-11,13H,1,4-5,7-8H2,2H3. The van der Waals surface area contributed by atoms with Crippen molar-refractivity contribution in [1.29, 1.82) is 0 Å². The number of methoxy groups -OCH3 is 1. The van der Waals surface area contributed by atoms with Gasteiger partial charge in [-0.25, -0.2) is 9.18 Å². The number of alkyl halides is 2. The molecule has 1 aliphatic carbocycles. The molecule has 26 heavy (non-hydrogen) atoms. The molecule has 1 aliphatic rings. The summed E-state index contributed by atoms with van der Waals surface area (Å²) in [6, 6.07) is 3.77. The van der Waals surface area contributed by atoms with Crippen LogP contribution in [0.4, 0.5) is 13.2 Å². The molecule has 3 rings (SSSR count). The van der Waals surface area contributed by atoms with E-state index in [1.165, 1.54) is 19.2 Å². The van der Waals surface area contributed by atoms with Crippen LogP contribution in [0.25, 0.3) is 10.8 Å². The molecule has 1 fully saturated rings. The van der Waals surface area contributed by atoms with Crippen LogP contribution in [0.3, 0.4) is 0 Å². The Bertz CT molecular complexity index is 867. The average Bonchev–Trinajstić information content (AvgIpc) is 2.61. The SMILES string of the molecule is C=CC1CCC(C(F)(F)Oc2cc3ccc(OC)c(F)c3c(=O)o2)CC1. The molecule has 7 heteroatoms. The van der Waals surface area contributed by atoms with Gasteiger partial charge in [0.15, 0.2) is 11.6 Å². The van der Waals surface area contributed by atoms with Crippen molar-refractivity contribution in [2.45, 2.75) is 31.8 Å². The minimum Gasteiger partial charge on any atom is -0.494 e. The first kappa shape index (κ1) is 18.4. The third kappa shape index (κ3) is 3.43. The van der Waals surface area contributed by atoms with Gasteiger partial charge in [-0.2, -0.15) is 8.78 Å². The average molecular weight is 368 g/mol. The molecular formula is C19H19F3O4. The van der Waals surface area contributed by atoms with E-state index in [0.717, 1.165) is 6.07 Å². The number of hydrogen-bond donors (Lipinski definition) is 0. The Hall–Kier alpha value is -2.44. The Morgan fingerprint density at radius 1 is 1.27 bits per heavy atom. The molecule has 4 nitrogen and oxygen atoms in total. The monoisotopic (exact) mass is 368 g/mol. The van der Waals surface area contributed by atoms with Gasteiger partial charge in [0.25, 0.3) is 5.95 Å². The minimum atomic E-state index is -3.49. The zero-order valence-electron chi connectivity index (χ0n) is 14.3. The van der Waals surface area contributed by atoms with E-state index < -0.39 is 29.4 Å². The van der Waals surface area contributed by atoms with Gasteiger partial charge in [-0.05, 0) is 49.1 Å². The van der Waals surface area contributed by atoms with Gasteiger partial charge in [0.2, 0.25) is 0 Å². The molecule has 0 saturated heterocycles. The summed E-state index contributed by atoms with van der Waals surface area (Å²) in [5.41, 5.74) is -1.10. The van der Waals surface area contributed by atoms with Crippen molar-refractivity contribution in [3.05, 3.63) is 47.1 Å². The van der Waals surface area contributed by atoms with Crippen molar-refractivity contribution in [2.75, 3.05) is 7.11 Å². The predicted octanol–water partition coefficient (Wildman–Crippen LogP) is 4.90. The normalized spacial score (nSPS) is 20.8. The van der Waals surface area contributed by atoms with Gasteiger partial charge in [0, 0.05) is 6.07 Å². The van der Waals surface area contributed by atoms with E-state index in [1.807, 2.05) is 0 Å². The first-order chi connectivity index (χ1) is 12.4. The van der Waals surface area contributed by atoms with Crippen LogP contribution in [-0.2, 0) is 0 Å². The second-order valence-corrected chi connectivity index (χ2v) is 6.41. The number of ether oxygens (including phenoxy) is 2. The zero-order chi connectivity index (χ0) is 18.9. The highest BCUT2D eigenvalue weighted by molar-refractivity contribution is 5.84. The van der Waals surface area contributed by atoms with Crippen molar-refractivity contribution in [3.63, 3.8) is 0 Å². The second kappa shape index (κ2) is 7.05. The lowest BCUT2D eigenvalue weighted by Gasteiger charge is -2.31. The zero-order valence-corrected chi connectivity index (χ0v) is 14.3. The summed E-state index contributed by atoms with van der Waals surface area (Å²) in [7, 11) is 1.25. The molecule has 0 amide bonds. The van der Waals surface area contributed by atoms with E-state index in [1.54, 1.807) is 6.08 Å². The van der Waals surface area contributed by atoms with Crippen LogP contribution in [0, 0.1) is 17.7 Å². The summed E-state index contributed by atoms with van der Waals surface area (Å²) < 4.78 is 57.4. The van der Waals surface area contributed by atoms with E-state index in [-0.39, 0.29) is 35.3 Å². The summed E-state index contributed by atoms with van der Waals surface area (Å²) in [5.74, 6) is -2.42. The second-order valence-electron chi connectivity index (χ2n) is 6.41. The fraction of sp³-hybridized carbons (Fsp3) is 0.421. The number of fused-ring (bicyclic) bond motifs is 1. The van der Waals surface area contributed by atoms with E-state index in [2.05, 4.69) is 6.58 Å². The maximum Gasteiger partial charge on any atom is 0.402 e. The van der Waals surface area contributed by atoms with Crippen molar-refractivity contribution in [2.24, 2.45) is 11.8 Å². The summed E-state index contributed by atoms with van der Waals surface area (Å²) >= 11 is 0. The number of hydrogen-bond acceptors (Lipinski definition) is 4. The Morgan fingerprint density at radius 3 is 2.58 bits per heavy atom. The highest BCUT2D eigenvalue weighted by Crippen LogP contribution is 2.40. The molecule has 1 heterocycles. The van der Waals surface area contributed by atoms with E-state index >= 15 is 0 Å². The summed E-state index contributed by atoms with van der Waals surface area (Å²) in [5, 5.41) is -0.271. The lowest BCUT2D eigenvalue weighted by atomic mass is 9.81. The summed E-state index contributed by atoms with van der Waals surface area (Å²) in [4.78, 5) is 12.0. The van der Waals surface area contributed by atoms with Crippen LogP contribution < -0.4 is 15.1 Å². The van der Waals surface area contributed by atoms with Crippen molar-refractivity contribution < 1.29 is 27.1 Å².